The number of hydrogen-bond donors (Lipinski definition) is 0. The van der Waals surface area contributed by atoms with Crippen molar-refractivity contribution in [1.29, 1.82) is 5.26 Å². The minimum Gasteiger partial charge on any atom is -0.370 e. The largest absolute Gasteiger partial charge is 0.370 e. The summed E-state index contributed by atoms with van der Waals surface area (Å²) in [6, 6.07) is 20.6. The first-order chi connectivity index (χ1) is 14.6. The molecule has 4 rings (SSSR count). The molecule has 1 saturated heterocycles. The fourth-order valence-electron chi connectivity index (χ4n) is 3.97. The molecule has 0 saturated carbocycles. The topological polar surface area (TPSA) is 44.9 Å². The van der Waals surface area contributed by atoms with Crippen LogP contribution in [0, 0.1) is 11.3 Å². The van der Waals surface area contributed by atoms with Crippen LogP contribution >= 0.6 is 0 Å². The van der Waals surface area contributed by atoms with E-state index >= 15 is 0 Å². The number of nitriles is 1. The standard InChI is InChI=1S/C26H28N4/c1-19(2)22-11-13-24(14-12-22)30-26(23-9-7-21(18-27)8-10-23)17-25(28-30)20(3)29-15-5-4-6-16-29/h7-14,17,19H,3-6,15-16H2,1-2H3. The normalized spacial score (nSPS) is 14.0. The van der Waals surface area contributed by atoms with Gasteiger partial charge in [0.2, 0.25) is 0 Å². The summed E-state index contributed by atoms with van der Waals surface area (Å²) < 4.78 is 2.00. The van der Waals surface area contributed by atoms with Crippen molar-refractivity contribution in [2.24, 2.45) is 0 Å². The zero-order chi connectivity index (χ0) is 21.1. The molecule has 1 fully saturated rings. The van der Waals surface area contributed by atoms with Crippen LogP contribution in [-0.4, -0.2) is 27.8 Å². The van der Waals surface area contributed by atoms with Gasteiger partial charge >= 0.3 is 0 Å². The van der Waals surface area contributed by atoms with Crippen molar-refractivity contribution in [3.63, 3.8) is 0 Å². The molecule has 30 heavy (non-hydrogen) atoms. The molecule has 1 aromatic heterocycles. The summed E-state index contributed by atoms with van der Waals surface area (Å²) in [6.07, 6.45) is 3.70. The number of rotatable bonds is 5. The lowest BCUT2D eigenvalue weighted by Crippen LogP contribution is -2.28. The lowest BCUT2D eigenvalue weighted by molar-refractivity contribution is 0.325. The predicted octanol–water partition coefficient (Wildman–Crippen LogP) is 5.99. The van der Waals surface area contributed by atoms with E-state index < -0.39 is 0 Å². The van der Waals surface area contributed by atoms with Crippen molar-refractivity contribution in [3.05, 3.63) is 78.0 Å². The van der Waals surface area contributed by atoms with Crippen LogP contribution < -0.4 is 0 Å². The molecule has 4 heteroatoms. The first-order valence-corrected chi connectivity index (χ1v) is 10.7. The second-order valence-corrected chi connectivity index (χ2v) is 8.26. The fourth-order valence-corrected chi connectivity index (χ4v) is 3.97. The van der Waals surface area contributed by atoms with E-state index in [1.54, 1.807) is 0 Å². The maximum absolute atomic E-state index is 9.14. The Bertz CT molecular complexity index is 1060. The summed E-state index contributed by atoms with van der Waals surface area (Å²) >= 11 is 0. The van der Waals surface area contributed by atoms with Crippen LogP contribution in [0.3, 0.4) is 0 Å². The Labute approximate surface area is 179 Å². The summed E-state index contributed by atoms with van der Waals surface area (Å²) in [6.45, 7) is 10.8. The van der Waals surface area contributed by atoms with Gasteiger partial charge in [0.25, 0.3) is 0 Å². The molecule has 1 aliphatic heterocycles. The van der Waals surface area contributed by atoms with Crippen molar-refractivity contribution in [1.82, 2.24) is 14.7 Å². The average molecular weight is 397 g/mol. The molecule has 4 nitrogen and oxygen atoms in total. The Kier molecular flexibility index (Phi) is 5.72. The summed E-state index contributed by atoms with van der Waals surface area (Å²) in [5.74, 6) is 0.490. The van der Waals surface area contributed by atoms with Gasteiger partial charge in [0.1, 0.15) is 5.69 Å². The van der Waals surface area contributed by atoms with E-state index in [1.807, 2.05) is 28.9 Å². The second-order valence-electron chi connectivity index (χ2n) is 8.26. The summed E-state index contributed by atoms with van der Waals surface area (Å²) in [7, 11) is 0. The highest BCUT2D eigenvalue weighted by Crippen LogP contribution is 2.29. The smallest absolute Gasteiger partial charge is 0.109 e. The zero-order valence-corrected chi connectivity index (χ0v) is 17.8. The molecule has 0 radical (unpaired) electrons. The van der Waals surface area contributed by atoms with Crippen LogP contribution in [0.25, 0.3) is 22.6 Å². The number of aromatic nitrogens is 2. The first kappa shape index (κ1) is 20.0. The first-order valence-electron chi connectivity index (χ1n) is 10.7. The van der Waals surface area contributed by atoms with E-state index in [0.29, 0.717) is 11.5 Å². The molecule has 0 aliphatic carbocycles. The Balaban J connectivity index is 1.76. The number of likely N-dealkylation sites (tertiary alicyclic amines) is 1. The fraction of sp³-hybridized carbons (Fsp3) is 0.308. The number of benzene rings is 2. The number of piperidine rings is 1. The second kappa shape index (κ2) is 8.59. The summed E-state index contributed by atoms with van der Waals surface area (Å²) in [5.41, 5.74) is 6.92. The molecule has 0 atom stereocenters. The lowest BCUT2D eigenvalue weighted by Gasteiger charge is -2.29. The average Bonchev–Trinajstić information content (AvgIpc) is 3.24. The molecule has 0 N–H and O–H groups in total. The van der Waals surface area contributed by atoms with E-state index in [4.69, 9.17) is 10.4 Å². The number of hydrogen-bond acceptors (Lipinski definition) is 3. The third kappa shape index (κ3) is 4.02. The highest BCUT2D eigenvalue weighted by Gasteiger charge is 2.19. The van der Waals surface area contributed by atoms with E-state index in [2.05, 4.69) is 61.7 Å². The summed E-state index contributed by atoms with van der Waals surface area (Å²) in [4.78, 5) is 2.35. The highest BCUT2D eigenvalue weighted by molar-refractivity contribution is 5.69. The van der Waals surface area contributed by atoms with E-state index in [1.165, 1.54) is 24.8 Å². The Morgan fingerprint density at radius 2 is 1.67 bits per heavy atom. The third-order valence-corrected chi connectivity index (χ3v) is 5.86. The predicted molar refractivity (Wildman–Crippen MR) is 122 cm³/mol. The monoisotopic (exact) mass is 396 g/mol. The minimum atomic E-state index is 0.490. The molecule has 1 aliphatic rings. The molecular formula is C26H28N4. The van der Waals surface area contributed by atoms with E-state index in [9.17, 15) is 0 Å². The van der Waals surface area contributed by atoms with Crippen LogP contribution in [0.4, 0.5) is 0 Å². The van der Waals surface area contributed by atoms with Crippen molar-refractivity contribution in [3.8, 4) is 23.0 Å². The van der Waals surface area contributed by atoms with Crippen LogP contribution in [0.1, 0.15) is 55.8 Å². The SMILES string of the molecule is C=C(c1cc(-c2ccc(C#N)cc2)n(-c2ccc(C(C)C)cc2)n1)N1CCCCC1. The molecule has 0 spiro atoms. The Morgan fingerprint density at radius 1 is 1.00 bits per heavy atom. The molecular weight excluding hydrogens is 368 g/mol. The molecule has 0 unspecified atom stereocenters. The molecule has 152 valence electrons. The molecule has 3 aromatic rings. The molecule has 0 bridgehead atoms. The van der Waals surface area contributed by atoms with E-state index in [0.717, 1.165) is 41.4 Å². The Morgan fingerprint density at radius 3 is 2.27 bits per heavy atom. The van der Waals surface area contributed by atoms with Crippen molar-refractivity contribution in [2.75, 3.05) is 13.1 Å². The van der Waals surface area contributed by atoms with Crippen molar-refractivity contribution < 1.29 is 0 Å². The quantitative estimate of drug-likeness (QED) is 0.532. The highest BCUT2D eigenvalue weighted by atomic mass is 15.3. The molecule has 2 aromatic carbocycles. The van der Waals surface area contributed by atoms with Crippen LogP contribution in [0.5, 0.6) is 0 Å². The van der Waals surface area contributed by atoms with Gasteiger partial charge in [-0.2, -0.15) is 10.4 Å². The maximum atomic E-state index is 9.14. The van der Waals surface area contributed by atoms with Gasteiger partial charge in [0, 0.05) is 18.7 Å². The third-order valence-electron chi connectivity index (χ3n) is 5.86. The van der Waals surface area contributed by atoms with Crippen molar-refractivity contribution in [2.45, 2.75) is 39.0 Å². The van der Waals surface area contributed by atoms with Gasteiger partial charge in [0.05, 0.1) is 28.7 Å². The van der Waals surface area contributed by atoms with Gasteiger partial charge in [-0.25, -0.2) is 4.68 Å². The minimum absolute atomic E-state index is 0.490. The zero-order valence-electron chi connectivity index (χ0n) is 17.8. The van der Waals surface area contributed by atoms with Crippen LogP contribution in [0.2, 0.25) is 0 Å². The van der Waals surface area contributed by atoms with Gasteiger partial charge in [0.15, 0.2) is 0 Å². The van der Waals surface area contributed by atoms with Crippen molar-refractivity contribution >= 4 is 5.70 Å². The van der Waals surface area contributed by atoms with Crippen LogP contribution in [0.15, 0.2) is 61.2 Å². The van der Waals surface area contributed by atoms with Crippen LogP contribution in [-0.2, 0) is 0 Å². The van der Waals surface area contributed by atoms with Gasteiger partial charge in [-0.1, -0.05) is 44.7 Å². The molecule has 0 amide bonds. The maximum Gasteiger partial charge on any atom is 0.109 e. The Hall–Kier alpha value is -3.32. The molecule has 2 heterocycles. The lowest BCUT2D eigenvalue weighted by atomic mass is 10.0. The van der Waals surface area contributed by atoms with Gasteiger partial charge in [-0.15, -0.1) is 0 Å². The van der Waals surface area contributed by atoms with Gasteiger partial charge in [-0.05, 0) is 61.1 Å². The van der Waals surface area contributed by atoms with Gasteiger partial charge in [-0.3, -0.25) is 0 Å². The number of nitrogens with zero attached hydrogens (tertiary/aromatic N) is 4. The van der Waals surface area contributed by atoms with E-state index in [-0.39, 0.29) is 0 Å². The summed E-state index contributed by atoms with van der Waals surface area (Å²) in [5, 5.41) is 14.1. The van der Waals surface area contributed by atoms with Gasteiger partial charge < -0.3 is 4.90 Å².